The Morgan fingerprint density at radius 2 is 1.88 bits per heavy atom. The van der Waals surface area contributed by atoms with Crippen LogP contribution in [0.5, 0.6) is 0 Å². The average molecular weight is 339 g/mol. The highest BCUT2D eigenvalue weighted by atomic mass is 19.4. The van der Waals surface area contributed by atoms with Gasteiger partial charge in [-0.25, -0.2) is 0 Å². The number of amides is 1. The standard InChI is InChI=1S/C14H13BF3N3O3/c1-8-7-20(10-4-2-9(3-5-10)14(16,17)18)13(22)12-11(15(23)24)6-19-21(8)12/h2-6,8,23-24H,7H2,1H3. The Hall–Kier alpha value is -2.33. The Balaban J connectivity index is 1.98. The molecule has 126 valence electrons. The van der Waals surface area contributed by atoms with Crippen LogP contribution in [0.1, 0.15) is 29.0 Å². The molecule has 0 bridgehead atoms. The zero-order valence-corrected chi connectivity index (χ0v) is 12.5. The summed E-state index contributed by atoms with van der Waals surface area (Å²) >= 11 is 0. The van der Waals surface area contributed by atoms with Crippen molar-refractivity contribution >= 4 is 24.2 Å². The highest BCUT2D eigenvalue weighted by Gasteiger charge is 2.36. The van der Waals surface area contributed by atoms with Crippen molar-refractivity contribution < 1.29 is 28.0 Å². The van der Waals surface area contributed by atoms with E-state index < -0.39 is 24.8 Å². The molecular weight excluding hydrogens is 326 g/mol. The summed E-state index contributed by atoms with van der Waals surface area (Å²) in [6, 6.07) is 3.97. The largest absolute Gasteiger partial charge is 0.492 e. The van der Waals surface area contributed by atoms with Crippen LogP contribution in [0.15, 0.2) is 30.5 Å². The monoisotopic (exact) mass is 339 g/mol. The second-order valence-electron chi connectivity index (χ2n) is 5.58. The quantitative estimate of drug-likeness (QED) is 0.794. The van der Waals surface area contributed by atoms with Gasteiger partial charge in [-0.1, -0.05) is 0 Å². The number of aromatic nitrogens is 2. The fourth-order valence-electron chi connectivity index (χ4n) is 2.73. The molecule has 0 radical (unpaired) electrons. The Morgan fingerprint density at radius 1 is 1.25 bits per heavy atom. The lowest BCUT2D eigenvalue weighted by molar-refractivity contribution is -0.137. The van der Waals surface area contributed by atoms with E-state index in [2.05, 4.69) is 5.10 Å². The minimum atomic E-state index is -4.45. The summed E-state index contributed by atoms with van der Waals surface area (Å²) in [5.41, 5.74) is -0.530. The van der Waals surface area contributed by atoms with Gasteiger partial charge in [0, 0.05) is 23.9 Å². The van der Waals surface area contributed by atoms with Gasteiger partial charge in [0.25, 0.3) is 5.91 Å². The summed E-state index contributed by atoms with van der Waals surface area (Å²) in [5, 5.41) is 22.7. The van der Waals surface area contributed by atoms with Crippen LogP contribution in [0.25, 0.3) is 0 Å². The first-order chi connectivity index (χ1) is 11.2. The lowest BCUT2D eigenvalue weighted by Gasteiger charge is -2.32. The number of anilines is 1. The zero-order valence-electron chi connectivity index (χ0n) is 12.5. The summed E-state index contributed by atoms with van der Waals surface area (Å²) in [4.78, 5) is 14.0. The Labute approximate surface area is 135 Å². The van der Waals surface area contributed by atoms with Crippen LogP contribution in [-0.4, -0.2) is 39.4 Å². The number of halogens is 3. The summed E-state index contributed by atoms with van der Waals surface area (Å²) in [6.45, 7) is 1.98. The fraction of sp³-hybridized carbons (Fsp3) is 0.286. The second kappa shape index (κ2) is 5.64. The molecule has 0 saturated heterocycles. The van der Waals surface area contributed by atoms with Crippen molar-refractivity contribution in [1.29, 1.82) is 0 Å². The van der Waals surface area contributed by atoms with E-state index in [1.807, 2.05) is 0 Å². The third-order valence-corrected chi connectivity index (χ3v) is 3.92. The van der Waals surface area contributed by atoms with Gasteiger partial charge in [-0.05, 0) is 31.2 Å². The summed E-state index contributed by atoms with van der Waals surface area (Å²) in [5.74, 6) is -0.548. The van der Waals surface area contributed by atoms with Crippen molar-refractivity contribution in [3.63, 3.8) is 0 Å². The molecule has 1 atom stereocenters. The number of hydrogen-bond donors (Lipinski definition) is 2. The molecule has 1 aliphatic rings. The van der Waals surface area contributed by atoms with Gasteiger partial charge in [0.05, 0.1) is 11.6 Å². The molecule has 24 heavy (non-hydrogen) atoms. The molecular formula is C14H13BF3N3O3. The second-order valence-corrected chi connectivity index (χ2v) is 5.58. The minimum absolute atomic E-state index is 0.0173. The number of hydrogen-bond acceptors (Lipinski definition) is 4. The van der Waals surface area contributed by atoms with Gasteiger partial charge in [-0.2, -0.15) is 18.3 Å². The first kappa shape index (κ1) is 16.5. The molecule has 2 N–H and O–H groups in total. The van der Waals surface area contributed by atoms with E-state index >= 15 is 0 Å². The number of nitrogens with zero attached hydrogens (tertiary/aromatic N) is 3. The highest BCUT2D eigenvalue weighted by Crippen LogP contribution is 2.32. The number of alkyl halides is 3. The predicted molar refractivity (Wildman–Crippen MR) is 79.9 cm³/mol. The van der Waals surface area contributed by atoms with Gasteiger partial charge >= 0.3 is 13.3 Å². The van der Waals surface area contributed by atoms with E-state index in [9.17, 15) is 28.0 Å². The SMILES string of the molecule is CC1CN(c2ccc(C(F)(F)F)cc2)C(=O)c2c(B(O)O)cnn21. The highest BCUT2D eigenvalue weighted by molar-refractivity contribution is 6.60. The van der Waals surface area contributed by atoms with Crippen molar-refractivity contribution in [2.24, 2.45) is 0 Å². The van der Waals surface area contributed by atoms with Crippen LogP contribution in [0, 0.1) is 0 Å². The van der Waals surface area contributed by atoms with Gasteiger partial charge in [0.2, 0.25) is 0 Å². The van der Waals surface area contributed by atoms with E-state index in [-0.39, 0.29) is 23.7 Å². The minimum Gasteiger partial charge on any atom is -0.423 e. The van der Waals surface area contributed by atoms with E-state index in [0.29, 0.717) is 5.69 Å². The molecule has 2 heterocycles. The third-order valence-electron chi connectivity index (χ3n) is 3.92. The maximum Gasteiger partial charge on any atom is 0.492 e. The molecule has 3 rings (SSSR count). The molecule has 2 aromatic rings. The summed E-state index contributed by atoms with van der Waals surface area (Å²) < 4.78 is 39.3. The average Bonchev–Trinajstić information content (AvgIpc) is 2.96. The summed E-state index contributed by atoms with van der Waals surface area (Å²) in [7, 11) is -1.86. The lowest BCUT2D eigenvalue weighted by atomic mass is 9.80. The smallest absolute Gasteiger partial charge is 0.423 e. The van der Waals surface area contributed by atoms with Crippen LogP contribution >= 0.6 is 0 Å². The molecule has 6 nitrogen and oxygen atoms in total. The van der Waals surface area contributed by atoms with Crippen LogP contribution < -0.4 is 10.4 Å². The molecule has 1 amide bonds. The van der Waals surface area contributed by atoms with Gasteiger partial charge in [-0.3, -0.25) is 9.48 Å². The Kier molecular flexibility index (Phi) is 3.88. The van der Waals surface area contributed by atoms with Crippen LogP contribution in [0.4, 0.5) is 18.9 Å². The van der Waals surface area contributed by atoms with E-state index in [4.69, 9.17) is 0 Å². The van der Waals surface area contributed by atoms with Crippen molar-refractivity contribution in [2.45, 2.75) is 19.1 Å². The molecule has 1 unspecified atom stereocenters. The van der Waals surface area contributed by atoms with Gasteiger partial charge < -0.3 is 14.9 Å². The van der Waals surface area contributed by atoms with Gasteiger partial charge in [-0.15, -0.1) is 0 Å². The van der Waals surface area contributed by atoms with Crippen LogP contribution in [-0.2, 0) is 6.18 Å². The predicted octanol–water partition coefficient (Wildman–Crippen LogP) is 0.803. The van der Waals surface area contributed by atoms with Crippen LogP contribution in [0.2, 0.25) is 0 Å². The van der Waals surface area contributed by atoms with E-state index in [1.54, 1.807) is 6.92 Å². The number of benzene rings is 1. The molecule has 1 aromatic carbocycles. The van der Waals surface area contributed by atoms with E-state index in [0.717, 1.165) is 12.1 Å². The molecule has 10 heteroatoms. The van der Waals surface area contributed by atoms with Crippen molar-refractivity contribution in [2.75, 3.05) is 11.4 Å². The molecule has 1 aliphatic heterocycles. The number of carbonyl (C=O) groups excluding carboxylic acids is 1. The molecule has 0 saturated carbocycles. The fourth-order valence-corrected chi connectivity index (χ4v) is 2.73. The first-order valence-corrected chi connectivity index (χ1v) is 7.13. The topological polar surface area (TPSA) is 78.6 Å². The van der Waals surface area contributed by atoms with Gasteiger partial charge in [0.1, 0.15) is 5.69 Å². The molecule has 1 aromatic heterocycles. The summed E-state index contributed by atoms with van der Waals surface area (Å²) in [6.07, 6.45) is -3.25. The molecule has 0 spiro atoms. The number of carbonyl (C=O) groups is 1. The first-order valence-electron chi connectivity index (χ1n) is 7.13. The van der Waals surface area contributed by atoms with Crippen molar-refractivity contribution in [3.05, 3.63) is 41.7 Å². The van der Waals surface area contributed by atoms with Crippen LogP contribution in [0.3, 0.4) is 0 Å². The maximum absolute atomic E-state index is 12.7. The molecule has 0 fully saturated rings. The Bertz CT molecular complexity index is 760. The normalized spacial score (nSPS) is 17.8. The van der Waals surface area contributed by atoms with Gasteiger partial charge in [0.15, 0.2) is 0 Å². The molecule has 0 aliphatic carbocycles. The van der Waals surface area contributed by atoms with E-state index in [1.165, 1.54) is 27.9 Å². The van der Waals surface area contributed by atoms with Crippen molar-refractivity contribution in [3.8, 4) is 0 Å². The maximum atomic E-state index is 12.7. The lowest BCUT2D eigenvalue weighted by Crippen LogP contribution is -2.47. The zero-order chi connectivity index (χ0) is 17.6. The number of fused-ring (bicyclic) bond motifs is 1. The Morgan fingerprint density at radius 3 is 2.42 bits per heavy atom. The van der Waals surface area contributed by atoms with Crippen molar-refractivity contribution in [1.82, 2.24) is 9.78 Å². The number of rotatable bonds is 2. The third kappa shape index (κ3) is 2.67.